The maximum atomic E-state index is 5.72. The van der Waals surface area contributed by atoms with E-state index in [1.807, 2.05) is 12.1 Å². The van der Waals surface area contributed by atoms with Crippen LogP contribution in [0.2, 0.25) is 0 Å². The quantitative estimate of drug-likeness (QED) is 0.818. The van der Waals surface area contributed by atoms with E-state index in [-0.39, 0.29) is 0 Å². The first-order valence-electron chi connectivity index (χ1n) is 6.11. The summed E-state index contributed by atoms with van der Waals surface area (Å²) in [6.45, 7) is 6.06. The predicted molar refractivity (Wildman–Crippen MR) is 68.4 cm³/mol. The molecule has 16 heavy (non-hydrogen) atoms. The van der Waals surface area contributed by atoms with Gasteiger partial charge in [-0.25, -0.2) is 0 Å². The van der Waals surface area contributed by atoms with Crippen molar-refractivity contribution >= 4 is 11.4 Å². The van der Waals surface area contributed by atoms with E-state index in [0.717, 1.165) is 43.1 Å². The van der Waals surface area contributed by atoms with E-state index in [1.54, 1.807) is 0 Å². The van der Waals surface area contributed by atoms with Crippen LogP contribution in [0.4, 0.5) is 11.4 Å². The molecular weight excluding hydrogens is 200 g/mol. The molecular formula is C13H20N2O. The molecule has 1 unspecified atom stereocenters. The van der Waals surface area contributed by atoms with Gasteiger partial charge in [0.2, 0.25) is 0 Å². The molecule has 0 saturated carbocycles. The fraction of sp³-hybridized carbons (Fsp3) is 0.538. The highest BCUT2D eigenvalue weighted by molar-refractivity contribution is 5.77. The Morgan fingerprint density at radius 3 is 3.00 bits per heavy atom. The molecule has 0 aromatic heterocycles. The van der Waals surface area contributed by atoms with Gasteiger partial charge >= 0.3 is 0 Å². The standard InChI is InChI=1S/C13H20N2O/c1-3-8-16-12-7-5-6-11-13(12)14-9-10(4-2)15-11/h5-7,10,14-15H,3-4,8-9H2,1-2H3. The lowest BCUT2D eigenvalue weighted by Gasteiger charge is -2.28. The molecule has 1 aromatic rings. The zero-order valence-corrected chi connectivity index (χ0v) is 10.0. The van der Waals surface area contributed by atoms with Gasteiger partial charge in [0.05, 0.1) is 12.3 Å². The van der Waals surface area contributed by atoms with Crippen molar-refractivity contribution in [1.82, 2.24) is 0 Å². The van der Waals surface area contributed by atoms with Crippen molar-refractivity contribution in [2.24, 2.45) is 0 Å². The molecule has 1 heterocycles. The number of fused-ring (bicyclic) bond motifs is 1. The summed E-state index contributed by atoms with van der Waals surface area (Å²) >= 11 is 0. The van der Waals surface area contributed by atoms with Crippen molar-refractivity contribution in [3.05, 3.63) is 18.2 Å². The van der Waals surface area contributed by atoms with Gasteiger partial charge in [0.1, 0.15) is 11.4 Å². The Balaban J connectivity index is 2.17. The van der Waals surface area contributed by atoms with Gasteiger partial charge in [-0.2, -0.15) is 0 Å². The third kappa shape index (κ3) is 2.23. The molecule has 0 aliphatic carbocycles. The Morgan fingerprint density at radius 2 is 2.25 bits per heavy atom. The van der Waals surface area contributed by atoms with Gasteiger partial charge in [-0.3, -0.25) is 0 Å². The Labute approximate surface area is 97.2 Å². The van der Waals surface area contributed by atoms with Gasteiger partial charge in [-0.15, -0.1) is 0 Å². The molecule has 1 aromatic carbocycles. The van der Waals surface area contributed by atoms with Crippen molar-refractivity contribution in [3.63, 3.8) is 0 Å². The van der Waals surface area contributed by atoms with E-state index in [1.165, 1.54) is 0 Å². The monoisotopic (exact) mass is 220 g/mol. The number of hydrogen-bond donors (Lipinski definition) is 2. The average molecular weight is 220 g/mol. The van der Waals surface area contributed by atoms with Crippen LogP contribution in [-0.2, 0) is 0 Å². The molecule has 2 rings (SSSR count). The number of ether oxygens (including phenoxy) is 1. The zero-order valence-electron chi connectivity index (χ0n) is 10.0. The molecule has 2 N–H and O–H groups in total. The number of anilines is 2. The van der Waals surface area contributed by atoms with Crippen LogP contribution >= 0.6 is 0 Å². The van der Waals surface area contributed by atoms with Crippen LogP contribution in [0, 0.1) is 0 Å². The molecule has 0 saturated heterocycles. The van der Waals surface area contributed by atoms with Crippen molar-refractivity contribution in [3.8, 4) is 5.75 Å². The lowest BCUT2D eigenvalue weighted by Crippen LogP contribution is -2.32. The molecule has 3 heteroatoms. The Bertz CT molecular complexity index is 338. The van der Waals surface area contributed by atoms with Gasteiger partial charge in [0.15, 0.2) is 0 Å². The van der Waals surface area contributed by atoms with Crippen LogP contribution in [0.3, 0.4) is 0 Å². The summed E-state index contributed by atoms with van der Waals surface area (Å²) in [5.74, 6) is 0.960. The lowest BCUT2D eigenvalue weighted by molar-refractivity contribution is 0.318. The second kappa shape index (κ2) is 5.10. The molecule has 0 amide bonds. The topological polar surface area (TPSA) is 33.3 Å². The molecule has 88 valence electrons. The SMILES string of the molecule is CCCOc1cccc2c1NCC(CC)N2. The first-order chi connectivity index (χ1) is 7.85. The summed E-state index contributed by atoms with van der Waals surface area (Å²) < 4.78 is 5.72. The second-order valence-electron chi connectivity index (χ2n) is 4.16. The minimum atomic E-state index is 0.522. The first-order valence-corrected chi connectivity index (χ1v) is 6.11. The van der Waals surface area contributed by atoms with Crippen molar-refractivity contribution in [2.75, 3.05) is 23.8 Å². The summed E-state index contributed by atoms with van der Waals surface area (Å²) in [6, 6.07) is 6.68. The van der Waals surface area contributed by atoms with Crippen LogP contribution in [0.25, 0.3) is 0 Å². The normalized spacial score (nSPS) is 18.2. The molecule has 1 atom stereocenters. The Hall–Kier alpha value is -1.38. The summed E-state index contributed by atoms with van der Waals surface area (Å²) in [4.78, 5) is 0. The molecule has 0 bridgehead atoms. The average Bonchev–Trinajstić information content (AvgIpc) is 2.35. The van der Waals surface area contributed by atoms with Gasteiger partial charge in [-0.1, -0.05) is 19.9 Å². The summed E-state index contributed by atoms with van der Waals surface area (Å²) in [5, 5.41) is 6.97. The fourth-order valence-corrected chi connectivity index (χ4v) is 1.91. The summed E-state index contributed by atoms with van der Waals surface area (Å²) in [6.07, 6.45) is 2.17. The molecule has 0 spiro atoms. The molecule has 0 fully saturated rings. The third-order valence-electron chi connectivity index (χ3n) is 2.87. The highest BCUT2D eigenvalue weighted by Gasteiger charge is 2.18. The van der Waals surface area contributed by atoms with E-state index in [9.17, 15) is 0 Å². The minimum absolute atomic E-state index is 0.522. The maximum Gasteiger partial charge on any atom is 0.144 e. The third-order valence-corrected chi connectivity index (χ3v) is 2.87. The van der Waals surface area contributed by atoms with Gasteiger partial charge in [0.25, 0.3) is 0 Å². The van der Waals surface area contributed by atoms with E-state index >= 15 is 0 Å². The second-order valence-corrected chi connectivity index (χ2v) is 4.16. The van der Waals surface area contributed by atoms with E-state index in [4.69, 9.17) is 4.74 Å². The van der Waals surface area contributed by atoms with E-state index in [2.05, 4.69) is 30.5 Å². The van der Waals surface area contributed by atoms with Gasteiger partial charge in [-0.05, 0) is 25.0 Å². The van der Waals surface area contributed by atoms with Crippen LogP contribution in [0.1, 0.15) is 26.7 Å². The van der Waals surface area contributed by atoms with Crippen LogP contribution in [-0.4, -0.2) is 19.2 Å². The van der Waals surface area contributed by atoms with Crippen molar-refractivity contribution in [2.45, 2.75) is 32.7 Å². The predicted octanol–water partition coefficient (Wildman–Crippen LogP) is 3.09. The number of para-hydroxylation sites is 1. The number of benzene rings is 1. The molecule has 1 aliphatic heterocycles. The lowest BCUT2D eigenvalue weighted by atomic mass is 10.1. The van der Waals surface area contributed by atoms with Crippen molar-refractivity contribution in [1.29, 1.82) is 0 Å². The maximum absolute atomic E-state index is 5.72. The van der Waals surface area contributed by atoms with Crippen LogP contribution < -0.4 is 15.4 Å². The largest absolute Gasteiger partial charge is 0.491 e. The minimum Gasteiger partial charge on any atom is -0.491 e. The Kier molecular flexibility index (Phi) is 3.54. The zero-order chi connectivity index (χ0) is 11.4. The molecule has 3 nitrogen and oxygen atoms in total. The highest BCUT2D eigenvalue weighted by atomic mass is 16.5. The molecule has 0 radical (unpaired) electrons. The van der Waals surface area contributed by atoms with Gasteiger partial charge in [0, 0.05) is 12.6 Å². The van der Waals surface area contributed by atoms with Gasteiger partial charge < -0.3 is 15.4 Å². The fourth-order valence-electron chi connectivity index (χ4n) is 1.91. The van der Waals surface area contributed by atoms with E-state index < -0.39 is 0 Å². The number of hydrogen-bond acceptors (Lipinski definition) is 3. The van der Waals surface area contributed by atoms with Crippen molar-refractivity contribution < 1.29 is 4.74 Å². The Morgan fingerprint density at radius 1 is 1.38 bits per heavy atom. The number of rotatable bonds is 4. The smallest absolute Gasteiger partial charge is 0.144 e. The summed E-state index contributed by atoms with van der Waals surface area (Å²) in [5.41, 5.74) is 2.27. The van der Waals surface area contributed by atoms with E-state index in [0.29, 0.717) is 6.04 Å². The molecule has 1 aliphatic rings. The van der Waals surface area contributed by atoms with Crippen LogP contribution in [0.15, 0.2) is 18.2 Å². The first kappa shape index (κ1) is 11.1. The summed E-state index contributed by atoms with van der Waals surface area (Å²) in [7, 11) is 0. The van der Waals surface area contributed by atoms with Crippen LogP contribution in [0.5, 0.6) is 5.75 Å². The highest BCUT2D eigenvalue weighted by Crippen LogP contribution is 2.35. The number of nitrogens with one attached hydrogen (secondary N) is 2.